The first-order chi connectivity index (χ1) is 11.6. The van der Waals surface area contributed by atoms with E-state index in [9.17, 15) is 4.79 Å². The number of rotatable bonds is 4. The van der Waals surface area contributed by atoms with Gasteiger partial charge < -0.3 is 10.1 Å². The van der Waals surface area contributed by atoms with Gasteiger partial charge in [0.1, 0.15) is 5.75 Å². The molecule has 4 heteroatoms. The second-order valence-corrected chi connectivity index (χ2v) is 5.79. The molecule has 0 aliphatic rings. The third-order valence-electron chi connectivity index (χ3n) is 4.16. The van der Waals surface area contributed by atoms with Gasteiger partial charge in [-0.15, -0.1) is 0 Å². The first kappa shape index (κ1) is 16.0. The van der Waals surface area contributed by atoms with Crippen molar-refractivity contribution < 1.29 is 9.53 Å². The number of benzene rings is 2. The van der Waals surface area contributed by atoms with Gasteiger partial charge in [-0.1, -0.05) is 24.3 Å². The van der Waals surface area contributed by atoms with Crippen molar-refractivity contribution in [1.82, 2.24) is 10.3 Å². The van der Waals surface area contributed by atoms with Crippen LogP contribution in [0.3, 0.4) is 0 Å². The number of hydrogen-bond acceptors (Lipinski definition) is 3. The number of nitrogens with zero attached hydrogens (tertiary/aromatic N) is 1. The summed E-state index contributed by atoms with van der Waals surface area (Å²) in [7, 11) is 1.63. The first-order valence-corrected chi connectivity index (χ1v) is 7.86. The van der Waals surface area contributed by atoms with Gasteiger partial charge in [-0.3, -0.25) is 9.78 Å². The molecule has 24 heavy (non-hydrogen) atoms. The molecule has 4 nitrogen and oxygen atoms in total. The molecule has 0 unspecified atom stereocenters. The highest BCUT2D eigenvalue weighted by Gasteiger charge is 2.12. The van der Waals surface area contributed by atoms with Gasteiger partial charge in [-0.05, 0) is 43.2 Å². The van der Waals surface area contributed by atoms with Gasteiger partial charge in [0.25, 0.3) is 5.91 Å². The molecule has 1 aromatic heterocycles. The number of aromatic nitrogens is 1. The molecule has 0 radical (unpaired) electrons. The van der Waals surface area contributed by atoms with E-state index < -0.39 is 0 Å². The number of pyridine rings is 1. The lowest BCUT2D eigenvalue weighted by atomic mass is 10.1. The smallest absolute Gasteiger partial charge is 0.253 e. The van der Waals surface area contributed by atoms with Crippen LogP contribution in [-0.4, -0.2) is 18.0 Å². The van der Waals surface area contributed by atoms with Crippen LogP contribution < -0.4 is 10.1 Å². The number of hydrogen-bond donors (Lipinski definition) is 1. The molecule has 0 bridgehead atoms. The summed E-state index contributed by atoms with van der Waals surface area (Å²) in [5, 5.41) is 3.90. The van der Waals surface area contributed by atoms with Crippen molar-refractivity contribution in [3.05, 3.63) is 70.9 Å². The van der Waals surface area contributed by atoms with Gasteiger partial charge in [0.05, 0.1) is 23.9 Å². The monoisotopic (exact) mass is 320 g/mol. The molecule has 0 spiro atoms. The van der Waals surface area contributed by atoms with E-state index in [0.29, 0.717) is 17.8 Å². The molecular weight excluding hydrogens is 300 g/mol. The maximum absolute atomic E-state index is 12.5. The van der Waals surface area contributed by atoms with E-state index >= 15 is 0 Å². The normalized spacial score (nSPS) is 10.6. The number of amides is 1. The highest BCUT2D eigenvalue weighted by molar-refractivity contribution is 5.98. The average Bonchev–Trinajstić information content (AvgIpc) is 2.59. The summed E-state index contributed by atoms with van der Waals surface area (Å²) in [6.07, 6.45) is 0. The van der Waals surface area contributed by atoms with Crippen molar-refractivity contribution >= 4 is 16.8 Å². The van der Waals surface area contributed by atoms with Crippen LogP contribution in [0.5, 0.6) is 5.75 Å². The quantitative estimate of drug-likeness (QED) is 0.795. The minimum atomic E-state index is -0.110. The van der Waals surface area contributed by atoms with E-state index in [1.807, 2.05) is 62.4 Å². The average molecular weight is 320 g/mol. The standard InChI is InChI=1S/C20H20N2O2/c1-13-6-4-5-7-16(13)12-21-20(23)18-10-15-8-9-17(24-3)11-19(15)22-14(18)2/h4-11H,12H2,1-3H3,(H,21,23). The predicted octanol–water partition coefficient (Wildman–Crippen LogP) is 3.79. The molecule has 2 aromatic carbocycles. The highest BCUT2D eigenvalue weighted by atomic mass is 16.5. The SMILES string of the molecule is COc1ccc2cc(C(=O)NCc3ccccc3C)c(C)nc2c1. The van der Waals surface area contributed by atoms with Crippen molar-refractivity contribution in [2.75, 3.05) is 7.11 Å². The van der Waals surface area contributed by atoms with Crippen LogP contribution >= 0.6 is 0 Å². The number of fused-ring (bicyclic) bond motifs is 1. The van der Waals surface area contributed by atoms with Crippen LogP contribution in [-0.2, 0) is 6.54 Å². The molecule has 3 rings (SSSR count). The van der Waals surface area contributed by atoms with Gasteiger partial charge in [0, 0.05) is 18.0 Å². The fourth-order valence-corrected chi connectivity index (χ4v) is 2.68. The lowest BCUT2D eigenvalue weighted by Crippen LogP contribution is -2.24. The third-order valence-corrected chi connectivity index (χ3v) is 4.16. The largest absolute Gasteiger partial charge is 0.497 e. The Labute approximate surface area is 141 Å². The molecule has 0 fully saturated rings. The molecule has 0 aliphatic heterocycles. The lowest BCUT2D eigenvalue weighted by Gasteiger charge is -2.11. The van der Waals surface area contributed by atoms with E-state index in [0.717, 1.165) is 22.2 Å². The van der Waals surface area contributed by atoms with Gasteiger partial charge >= 0.3 is 0 Å². The zero-order valence-corrected chi connectivity index (χ0v) is 14.1. The number of ether oxygens (including phenoxy) is 1. The zero-order valence-electron chi connectivity index (χ0n) is 14.1. The van der Waals surface area contributed by atoms with Crippen LogP contribution in [0.2, 0.25) is 0 Å². The molecule has 0 aliphatic carbocycles. The Bertz CT molecular complexity index is 903. The van der Waals surface area contributed by atoms with Crippen molar-refractivity contribution in [3.63, 3.8) is 0 Å². The second kappa shape index (κ2) is 6.71. The van der Waals surface area contributed by atoms with Crippen molar-refractivity contribution in [1.29, 1.82) is 0 Å². The molecule has 0 atom stereocenters. The first-order valence-electron chi connectivity index (χ1n) is 7.86. The van der Waals surface area contributed by atoms with Crippen LogP contribution in [0, 0.1) is 13.8 Å². The van der Waals surface area contributed by atoms with E-state index in [1.165, 1.54) is 5.56 Å². The minimum absolute atomic E-state index is 0.110. The van der Waals surface area contributed by atoms with E-state index in [-0.39, 0.29) is 5.91 Å². The van der Waals surface area contributed by atoms with E-state index in [1.54, 1.807) is 7.11 Å². The van der Waals surface area contributed by atoms with Crippen molar-refractivity contribution in [2.24, 2.45) is 0 Å². The summed E-state index contributed by atoms with van der Waals surface area (Å²) in [6, 6.07) is 15.6. The van der Waals surface area contributed by atoms with E-state index in [4.69, 9.17) is 4.74 Å². The molecule has 0 saturated carbocycles. The number of carbonyl (C=O) groups excluding carboxylic acids is 1. The Morgan fingerprint density at radius 1 is 1.12 bits per heavy atom. The fraction of sp³-hybridized carbons (Fsp3) is 0.200. The topological polar surface area (TPSA) is 51.2 Å². The summed E-state index contributed by atoms with van der Waals surface area (Å²) in [4.78, 5) is 17.1. The molecule has 1 N–H and O–H groups in total. The molecule has 1 heterocycles. The predicted molar refractivity (Wildman–Crippen MR) is 95.4 cm³/mol. The van der Waals surface area contributed by atoms with Crippen LogP contribution in [0.4, 0.5) is 0 Å². The maximum atomic E-state index is 12.5. The van der Waals surface area contributed by atoms with Crippen LogP contribution in [0.1, 0.15) is 27.2 Å². The van der Waals surface area contributed by atoms with Crippen molar-refractivity contribution in [2.45, 2.75) is 20.4 Å². The second-order valence-electron chi connectivity index (χ2n) is 5.79. The number of nitrogens with one attached hydrogen (secondary N) is 1. The van der Waals surface area contributed by atoms with Gasteiger partial charge in [0.15, 0.2) is 0 Å². The molecule has 1 amide bonds. The van der Waals surface area contributed by atoms with Crippen LogP contribution in [0.15, 0.2) is 48.5 Å². The number of methoxy groups -OCH3 is 1. The summed E-state index contributed by atoms with van der Waals surface area (Å²) < 4.78 is 5.22. The Kier molecular flexibility index (Phi) is 4.47. The minimum Gasteiger partial charge on any atom is -0.497 e. The molecule has 3 aromatic rings. The van der Waals surface area contributed by atoms with Gasteiger partial charge in [-0.25, -0.2) is 0 Å². The van der Waals surface area contributed by atoms with Gasteiger partial charge in [0.2, 0.25) is 0 Å². The number of carbonyl (C=O) groups is 1. The Balaban J connectivity index is 1.84. The third kappa shape index (κ3) is 3.23. The summed E-state index contributed by atoms with van der Waals surface area (Å²) in [5.74, 6) is 0.645. The Hall–Kier alpha value is -2.88. The summed E-state index contributed by atoms with van der Waals surface area (Å²) in [5.41, 5.74) is 4.40. The fourth-order valence-electron chi connectivity index (χ4n) is 2.68. The highest BCUT2D eigenvalue weighted by Crippen LogP contribution is 2.21. The summed E-state index contributed by atoms with van der Waals surface area (Å²) in [6.45, 7) is 4.39. The lowest BCUT2D eigenvalue weighted by molar-refractivity contribution is 0.0950. The van der Waals surface area contributed by atoms with Gasteiger partial charge in [-0.2, -0.15) is 0 Å². The molecule has 122 valence electrons. The molecule has 0 saturated heterocycles. The zero-order chi connectivity index (χ0) is 17.1. The van der Waals surface area contributed by atoms with Crippen molar-refractivity contribution in [3.8, 4) is 5.75 Å². The summed E-state index contributed by atoms with van der Waals surface area (Å²) >= 11 is 0. The maximum Gasteiger partial charge on any atom is 0.253 e. The number of aryl methyl sites for hydroxylation is 2. The van der Waals surface area contributed by atoms with E-state index in [2.05, 4.69) is 10.3 Å². The van der Waals surface area contributed by atoms with Crippen LogP contribution in [0.25, 0.3) is 10.9 Å². The Morgan fingerprint density at radius 3 is 2.67 bits per heavy atom. The molecular formula is C20H20N2O2. The Morgan fingerprint density at radius 2 is 1.92 bits per heavy atom.